The fraction of sp³-hybridized carbons (Fsp3) is 0.833. The number of carbonyl (C=O) groups excluding carboxylic acids is 1. The summed E-state index contributed by atoms with van der Waals surface area (Å²) in [4.78, 5) is 10.7. The molecule has 0 aromatic carbocycles. The number of carbonyl (C=O) groups is 1. The van der Waals surface area contributed by atoms with Crippen LogP contribution in [-0.2, 0) is 4.79 Å². The zero-order valence-electron chi connectivity index (χ0n) is 13.2. The summed E-state index contributed by atoms with van der Waals surface area (Å²) in [6.45, 7) is -4.04. The van der Waals surface area contributed by atoms with E-state index in [2.05, 4.69) is 0 Å². The van der Waals surface area contributed by atoms with Crippen molar-refractivity contribution in [1.82, 2.24) is 0 Å². The first-order chi connectivity index (χ1) is 7.94. The van der Waals surface area contributed by atoms with Gasteiger partial charge in [0.1, 0.15) is 19.8 Å². The van der Waals surface area contributed by atoms with Gasteiger partial charge in [0.2, 0.25) is 0 Å². The molecule has 0 aromatic heterocycles. The third-order valence-corrected chi connectivity index (χ3v) is 0.724. The number of aldehydes is 1. The summed E-state index contributed by atoms with van der Waals surface area (Å²) in [5, 5.41) is 36.9. The van der Waals surface area contributed by atoms with E-state index in [9.17, 15) is 20.1 Å². The normalized spacial score (nSPS) is 40.7. The summed E-state index contributed by atoms with van der Waals surface area (Å²) >= 11 is 0. The first kappa shape index (κ1) is 3.10. The van der Waals surface area contributed by atoms with Gasteiger partial charge in [-0.15, -0.1) is 0 Å². The smallest absolute Gasteiger partial charge is 0.122 e. The van der Waals surface area contributed by atoms with Crippen molar-refractivity contribution in [3.8, 4) is 0 Å². The molecule has 66 valence electrons. The van der Waals surface area contributed by atoms with Gasteiger partial charge in [0, 0.05) is 9.11 Å². The van der Waals surface area contributed by atoms with Gasteiger partial charge in [-0.25, -0.2) is 0 Å². The highest BCUT2D eigenvalue weighted by Crippen LogP contribution is 2.01. The predicted octanol–water partition coefficient (Wildman–Crippen LogP) is -2.35. The number of aliphatic hydroxyl groups is 4. The second-order valence-electron chi connectivity index (χ2n) is 1.38. The zero-order valence-corrected chi connectivity index (χ0v) is 5.20. The number of hydrogen-bond donors (Lipinski definition) is 4. The Labute approximate surface area is 75.1 Å². The molecule has 0 unspecified atom stereocenters. The quantitative estimate of drug-likeness (QED) is 0.279. The lowest BCUT2D eigenvalue weighted by molar-refractivity contribution is -0.115. The van der Waals surface area contributed by atoms with E-state index in [0.717, 1.165) is 0 Å². The summed E-state index contributed by atoms with van der Waals surface area (Å²) in [6.07, 6.45) is -19.2. The Kier molecular flexibility index (Phi) is 1.47. The summed E-state index contributed by atoms with van der Waals surface area (Å²) < 4.78 is 54.7. The van der Waals surface area contributed by atoms with Gasteiger partial charge in [0.25, 0.3) is 0 Å². The molecule has 0 amide bonds. The molecule has 5 nitrogen and oxygen atoms in total. The standard InChI is InChI=1S/C6H12O5/c7-2-1-4(9)6(11)5(10)3-8/h2,4-6,8-11H,1,3H2/t4-,5-,6+/m1/s1/i1+1D2,2+1D,3+1D2,4+1D,5+1D,6+1D. The van der Waals surface area contributed by atoms with Crippen molar-refractivity contribution >= 4 is 6.26 Å². The first-order valence-corrected chi connectivity index (χ1v) is 2.35. The third-order valence-electron chi connectivity index (χ3n) is 0.724. The van der Waals surface area contributed by atoms with Crippen LogP contribution >= 0.6 is 0 Å². The van der Waals surface area contributed by atoms with Gasteiger partial charge in [-0.2, -0.15) is 0 Å². The van der Waals surface area contributed by atoms with E-state index in [-0.39, 0.29) is 0 Å². The monoisotopic (exact) mass is 178 g/mol. The van der Waals surface area contributed by atoms with Crippen LogP contribution < -0.4 is 0 Å². The minimum absolute atomic E-state index is 2.26. The SMILES string of the molecule is [2H][13C](=O)[13C]([2H])([2H])[13C@@]([2H])(O)[13C@]([2H])(O)[13C@]([2H])(O)[13C]([2H])([2H])O. The van der Waals surface area contributed by atoms with E-state index in [1.165, 1.54) is 0 Å². The second kappa shape index (κ2) is 5.20. The van der Waals surface area contributed by atoms with Crippen LogP contribution in [0.25, 0.3) is 0 Å². The Hall–Kier alpha value is -0.490. The van der Waals surface area contributed by atoms with E-state index in [1.807, 2.05) is 0 Å². The van der Waals surface area contributed by atoms with Crippen molar-refractivity contribution in [2.45, 2.75) is 24.6 Å². The van der Waals surface area contributed by atoms with Crippen LogP contribution in [0.3, 0.4) is 0 Å². The van der Waals surface area contributed by atoms with Crippen LogP contribution in [0, 0.1) is 0 Å². The summed E-state index contributed by atoms with van der Waals surface area (Å²) in [5.74, 6) is 0. The first-order valence-electron chi connectivity index (χ1n) is 6.35. The highest BCUT2D eigenvalue weighted by atomic mass is 16.5. The van der Waals surface area contributed by atoms with Crippen LogP contribution in [-0.4, -0.2) is 51.5 Å². The number of rotatable bonds is 5. The average molecular weight is 178 g/mol. The molecule has 11 heavy (non-hydrogen) atoms. The minimum Gasteiger partial charge on any atom is -0.394 e. The van der Waals surface area contributed by atoms with Crippen LogP contribution in [0.2, 0.25) is 0 Å². The lowest BCUT2D eigenvalue weighted by atomic mass is 11.0. The van der Waals surface area contributed by atoms with E-state index in [1.54, 1.807) is 0 Å². The lowest BCUT2D eigenvalue weighted by Gasteiger charge is -2.19. The molecule has 0 fully saturated rings. The molecule has 0 aliphatic carbocycles. The van der Waals surface area contributed by atoms with Gasteiger partial charge in [-0.05, 0) is 0 Å². The van der Waals surface area contributed by atoms with Gasteiger partial charge in [-0.3, -0.25) is 0 Å². The Morgan fingerprint density at radius 3 is 2.45 bits per heavy atom. The maximum Gasteiger partial charge on any atom is 0.122 e. The molecule has 0 aromatic rings. The molecular weight excluding hydrogens is 158 g/mol. The summed E-state index contributed by atoms with van der Waals surface area (Å²) in [6, 6.07) is 0. The van der Waals surface area contributed by atoms with Gasteiger partial charge in [0.15, 0.2) is 0 Å². The molecule has 4 N–H and O–H groups in total. The largest absolute Gasteiger partial charge is 0.394 e. The van der Waals surface area contributed by atoms with Crippen LogP contribution in [0.4, 0.5) is 0 Å². The molecule has 0 radical (unpaired) electrons. The molecule has 0 heterocycles. The molecule has 0 aliphatic rings. The maximum atomic E-state index is 10.7. The highest BCUT2D eigenvalue weighted by molar-refractivity contribution is 5.50. The summed E-state index contributed by atoms with van der Waals surface area (Å²) in [7, 11) is 0. The molecule has 0 rings (SSSR count). The molecule has 0 bridgehead atoms. The van der Waals surface area contributed by atoms with Gasteiger partial charge >= 0.3 is 0 Å². The van der Waals surface area contributed by atoms with E-state index >= 15 is 0 Å². The molecule has 0 aliphatic heterocycles. The lowest BCUT2D eigenvalue weighted by Crippen LogP contribution is -2.39. The zero-order chi connectivity index (χ0) is 16.1. The van der Waals surface area contributed by atoms with E-state index in [4.69, 9.17) is 16.1 Å². The highest BCUT2D eigenvalue weighted by Gasteiger charge is 2.23. The van der Waals surface area contributed by atoms with Crippen LogP contribution in [0.1, 0.15) is 17.3 Å². The predicted molar refractivity (Wildman–Crippen MR) is 35.8 cm³/mol. The average Bonchev–Trinajstić information content (AvgIpc) is 2.14. The van der Waals surface area contributed by atoms with Gasteiger partial charge in [-0.1, -0.05) is 0 Å². The molecule has 5 heteroatoms. The van der Waals surface area contributed by atoms with Crippen molar-refractivity contribution < 1.29 is 36.2 Å². The Bertz CT molecular complexity index is 372. The Balaban J connectivity index is 5.99. The Morgan fingerprint density at radius 2 is 2.09 bits per heavy atom. The molecule has 0 spiro atoms. The topological polar surface area (TPSA) is 98.0 Å². The molecule has 0 saturated carbocycles. The van der Waals surface area contributed by atoms with Crippen LogP contribution in [0.5, 0.6) is 0 Å². The molecule has 0 saturated heterocycles. The number of hydrogen-bond acceptors (Lipinski definition) is 5. The van der Waals surface area contributed by atoms with Crippen molar-refractivity contribution in [2.24, 2.45) is 0 Å². The van der Waals surface area contributed by atoms with E-state index in [0.29, 0.717) is 0 Å². The second-order valence-corrected chi connectivity index (χ2v) is 1.38. The molecular formula is C6H12O5. The fourth-order valence-corrected chi connectivity index (χ4v) is 0.273. The van der Waals surface area contributed by atoms with Crippen molar-refractivity contribution in [2.75, 3.05) is 6.56 Å². The van der Waals surface area contributed by atoms with E-state index < -0.39 is 37.4 Å². The summed E-state index contributed by atoms with van der Waals surface area (Å²) in [5.41, 5.74) is 0. The van der Waals surface area contributed by atoms with Crippen molar-refractivity contribution in [3.05, 3.63) is 0 Å². The van der Waals surface area contributed by atoms with Crippen molar-refractivity contribution in [3.63, 3.8) is 0 Å². The van der Waals surface area contributed by atoms with Crippen LogP contribution in [0.15, 0.2) is 0 Å². The maximum absolute atomic E-state index is 10.7. The Morgan fingerprint density at radius 1 is 1.55 bits per heavy atom. The fourth-order valence-electron chi connectivity index (χ4n) is 0.273. The molecule has 3 atom stereocenters. The minimum atomic E-state index is -4.40. The van der Waals surface area contributed by atoms with Gasteiger partial charge < -0.3 is 25.2 Å². The van der Waals surface area contributed by atoms with Gasteiger partial charge in [0.05, 0.1) is 19.5 Å². The van der Waals surface area contributed by atoms with Crippen molar-refractivity contribution in [1.29, 1.82) is 0 Å². The third kappa shape index (κ3) is 3.43.